The average molecular weight is 274 g/mol. The van der Waals surface area contributed by atoms with E-state index in [1.165, 1.54) is 5.57 Å². The number of rotatable bonds is 4. The van der Waals surface area contributed by atoms with Crippen LogP contribution in [0.3, 0.4) is 0 Å². The van der Waals surface area contributed by atoms with Crippen LogP contribution in [0.15, 0.2) is 18.3 Å². The molecule has 2 N–H and O–H groups in total. The van der Waals surface area contributed by atoms with Crippen molar-refractivity contribution in [3.8, 4) is 0 Å². The zero-order valence-electron chi connectivity index (χ0n) is 12.2. The number of aromatic nitrogens is 1. The molecule has 4 nitrogen and oxygen atoms in total. The van der Waals surface area contributed by atoms with Crippen molar-refractivity contribution in [1.82, 2.24) is 4.98 Å². The zero-order chi connectivity index (χ0) is 14.5. The molecule has 108 valence electrons. The molecule has 1 aliphatic rings. The van der Waals surface area contributed by atoms with Crippen molar-refractivity contribution < 1.29 is 9.53 Å². The minimum atomic E-state index is -0.0951. The Balaban J connectivity index is 2.00. The maximum absolute atomic E-state index is 11.5. The summed E-state index contributed by atoms with van der Waals surface area (Å²) < 4.78 is 5.00. The van der Waals surface area contributed by atoms with Gasteiger partial charge >= 0.3 is 5.97 Å². The fraction of sp³-hybridized carbons (Fsp3) is 0.500. The Labute approximate surface area is 120 Å². The summed E-state index contributed by atoms with van der Waals surface area (Å²) >= 11 is 0. The average Bonchev–Trinajstić information content (AvgIpc) is 2.40. The number of anilines is 1. The number of allylic oxidation sites excluding steroid dienone is 2. The molecular formula is C16H22N2O2. The van der Waals surface area contributed by atoms with Gasteiger partial charge in [0.15, 0.2) is 0 Å². The largest absolute Gasteiger partial charge is 0.466 e. The van der Waals surface area contributed by atoms with Crippen LogP contribution in [0.4, 0.5) is 5.69 Å². The van der Waals surface area contributed by atoms with Gasteiger partial charge in [0.1, 0.15) is 0 Å². The lowest BCUT2D eigenvalue weighted by atomic mass is 9.86. The number of hydrogen-bond acceptors (Lipinski definition) is 4. The fourth-order valence-electron chi connectivity index (χ4n) is 2.60. The van der Waals surface area contributed by atoms with E-state index in [-0.39, 0.29) is 5.97 Å². The second-order valence-corrected chi connectivity index (χ2v) is 5.33. The summed E-state index contributed by atoms with van der Waals surface area (Å²) in [5, 5.41) is 0. The highest BCUT2D eigenvalue weighted by Crippen LogP contribution is 2.33. The maximum Gasteiger partial charge on any atom is 0.306 e. The first-order valence-electron chi connectivity index (χ1n) is 7.17. The van der Waals surface area contributed by atoms with Gasteiger partial charge in [0.05, 0.1) is 18.0 Å². The van der Waals surface area contributed by atoms with Gasteiger partial charge in [0.2, 0.25) is 0 Å². The van der Waals surface area contributed by atoms with Gasteiger partial charge < -0.3 is 10.5 Å². The summed E-state index contributed by atoms with van der Waals surface area (Å²) in [7, 11) is 0. The van der Waals surface area contributed by atoms with Crippen molar-refractivity contribution in [2.45, 2.75) is 39.5 Å². The number of ether oxygens (including phenoxy) is 1. The van der Waals surface area contributed by atoms with Crippen molar-refractivity contribution >= 4 is 17.2 Å². The molecule has 0 aliphatic heterocycles. The summed E-state index contributed by atoms with van der Waals surface area (Å²) in [5.41, 5.74) is 9.93. The summed E-state index contributed by atoms with van der Waals surface area (Å²) in [6.07, 6.45) is 7.32. The Morgan fingerprint density at radius 1 is 1.55 bits per heavy atom. The van der Waals surface area contributed by atoms with Gasteiger partial charge in [-0.3, -0.25) is 9.78 Å². The van der Waals surface area contributed by atoms with Gasteiger partial charge in [-0.2, -0.15) is 0 Å². The normalized spacial score (nSPS) is 18.5. The highest BCUT2D eigenvalue weighted by atomic mass is 16.5. The van der Waals surface area contributed by atoms with Gasteiger partial charge in [-0.25, -0.2) is 0 Å². The Morgan fingerprint density at radius 3 is 2.95 bits per heavy atom. The van der Waals surface area contributed by atoms with Crippen LogP contribution in [0.5, 0.6) is 0 Å². The van der Waals surface area contributed by atoms with Crippen molar-refractivity contribution in [3.63, 3.8) is 0 Å². The van der Waals surface area contributed by atoms with E-state index in [1.807, 2.05) is 26.1 Å². The first-order valence-corrected chi connectivity index (χ1v) is 7.17. The number of carbonyl (C=O) groups excluding carboxylic acids is 1. The molecule has 1 unspecified atom stereocenters. The van der Waals surface area contributed by atoms with Crippen LogP contribution >= 0.6 is 0 Å². The fourth-order valence-corrected chi connectivity index (χ4v) is 2.60. The molecule has 2 rings (SSSR count). The molecule has 0 aromatic carbocycles. The van der Waals surface area contributed by atoms with Crippen LogP contribution in [0.2, 0.25) is 0 Å². The topological polar surface area (TPSA) is 65.2 Å². The van der Waals surface area contributed by atoms with E-state index >= 15 is 0 Å². The highest BCUT2D eigenvalue weighted by molar-refractivity contribution is 5.73. The third-order valence-electron chi connectivity index (χ3n) is 3.64. The minimum Gasteiger partial charge on any atom is -0.466 e. The number of nitrogens with zero attached hydrogens (tertiary/aromatic N) is 1. The van der Waals surface area contributed by atoms with E-state index in [9.17, 15) is 4.79 Å². The third-order valence-corrected chi connectivity index (χ3v) is 3.64. The summed E-state index contributed by atoms with van der Waals surface area (Å²) in [4.78, 5) is 15.9. The van der Waals surface area contributed by atoms with Crippen LogP contribution in [-0.4, -0.2) is 17.6 Å². The number of nitrogens with two attached hydrogens (primary N) is 1. The Bertz CT molecular complexity index is 523. The number of esters is 1. The Morgan fingerprint density at radius 2 is 2.35 bits per heavy atom. The lowest BCUT2D eigenvalue weighted by Crippen LogP contribution is -2.14. The molecule has 1 atom stereocenters. The minimum absolute atomic E-state index is 0.0951. The van der Waals surface area contributed by atoms with Gasteiger partial charge in [0, 0.05) is 12.6 Å². The predicted octanol–water partition coefficient (Wildman–Crippen LogP) is 3.11. The lowest BCUT2D eigenvalue weighted by Gasteiger charge is -2.21. The number of nitrogen functional groups attached to an aromatic ring is 1. The molecule has 1 aliphatic carbocycles. The zero-order valence-corrected chi connectivity index (χ0v) is 12.2. The van der Waals surface area contributed by atoms with Crippen molar-refractivity contribution in [2.24, 2.45) is 5.92 Å². The molecule has 0 fully saturated rings. The molecule has 0 bridgehead atoms. The van der Waals surface area contributed by atoms with Crippen molar-refractivity contribution in [1.29, 1.82) is 0 Å². The SMILES string of the molecule is CCOC(=O)CC1CC=C(c2ncc(C)cc2N)CC1. The van der Waals surface area contributed by atoms with Crippen LogP contribution in [0.25, 0.3) is 5.57 Å². The van der Waals surface area contributed by atoms with E-state index < -0.39 is 0 Å². The summed E-state index contributed by atoms with van der Waals surface area (Å²) in [5.74, 6) is 0.284. The molecule has 1 aromatic heterocycles. The van der Waals surface area contributed by atoms with E-state index in [0.29, 0.717) is 18.9 Å². The second kappa shape index (κ2) is 6.55. The van der Waals surface area contributed by atoms with Gasteiger partial charge in [0.25, 0.3) is 0 Å². The van der Waals surface area contributed by atoms with Gasteiger partial charge in [-0.05, 0) is 56.2 Å². The molecule has 0 radical (unpaired) electrons. The number of pyridine rings is 1. The molecule has 0 spiro atoms. The van der Waals surface area contributed by atoms with Crippen LogP contribution in [-0.2, 0) is 9.53 Å². The number of aryl methyl sites for hydroxylation is 1. The Kier molecular flexibility index (Phi) is 4.77. The lowest BCUT2D eigenvalue weighted by molar-refractivity contribution is -0.144. The molecule has 1 aromatic rings. The van der Waals surface area contributed by atoms with Crippen LogP contribution in [0.1, 0.15) is 43.9 Å². The van der Waals surface area contributed by atoms with Crippen molar-refractivity contribution in [3.05, 3.63) is 29.6 Å². The summed E-state index contributed by atoms with van der Waals surface area (Å²) in [6.45, 7) is 4.27. The van der Waals surface area contributed by atoms with E-state index in [4.69, 9.17) is 10.5 Å². The van der Waals surface area contributed by atoms with Crippen LogP contribution in [0, 0.1) is 12.8 Å². The van der Waals surface area contributed by atoms with Gasteiger partial charge in [-0.15, -0.1) is 0 Å². The van der Waals surface area contributed by atoms with E-state index in [0.717, 1.165) is 36.2 Å². The molecule has 0 saturated heterocycles. The van der Waals surface area contributed by atoms with Crippen molar-refractivity contribution in [2.75, 3.05) is 12.3 Å². The molecule has 20 heavy (non-hydrogen) atoms. The standard InChI is InChI=1S/C16H22N2O2/c1-3-20-15(19)9-12-4-6-13(7-5-12)16-14(17)8-11(2)10-18-16/h6,8,10,12H,3-5,7,9,17H2,1-2H3. The number of carbonyl (C=O) groups is 1. The molecule has 1 heterocycles. The Hall–Kier alpha value is -1.84. The first kappa shape index (κ1) is 14.6. The van der Waals surface area contributed by atoms with E-state index in [1.54, 1.807) is 0 Å². The number of hydrogen-bond donors (Lipinski definition) is 1. The molecule has 0 saturated carbocycles. The quantitative estimate of drug-likeness (QED) is 0.857. The van der Waals surface area contributed by atoms with E-state index in [2.05, 4.69) is 11.1 Å². The highest BCUT2D eigenvalue weighted by Gasteiger charge is 2.20. The molecule has 4 heteroatoms. The monoisotopic (exact) mass is 274 g/mol. The summed E-state index contributed by atoms with van der Waals surface area (Å²) in [6, 6.07) is 1.95. The molecule has 0 amide bonds. The first-order chi connectivity index (χ1) is 9.60. The predicted molar refractivity (Wildman–Crippen MR) is 80.0 cm³/mol. The smallest absolute Gasteiger partial charge is 0.306 e. The third kappa shape index (κ3) is 3.59. The van der Waals surface area contributed by atoms with Gasteiger partial charge in [-0.1, -0.05) is 6.08 Å². The van der Waals surface area contributed by atoms with Crippen LogP contribution < -0.4 is 5.73 Å². The molecular weight excluding hydrogens is 252 g/mol. The second-order valence-electron chi connectivity index (χ2n) is 5.33. The maximum atomic E-state index is 11.5.